The van der Waals surface area contributed by atoms with E-state index in [0.29, 0.717) is 30.3 Å². The zero-order chi connectivity index (χ0) is 22.5. The maximum atomic E-state index is 13.7. The van der Waals surface area contributed by atoms with Crippen molar-refractivity contribution in [2.24, 2.45) is 5.92 Å². The number of benzene rings is 1. The number of amides is 2. The first-order chi connectivity index (χ1) is 15.3. The summed E-state index contributed by atoms with van der Waals surface area (Å²) in [5.74, 6) is 0.497. The summed E-state index contributed by atoms with van der Waals surface area (Å²) < 4.78 is 7.49. The minimum absolute atomic E-state index is 0.0755. The van der Waals surface area contributed by atoms with E-state index in [1.54, 1.807) is 17.2 Å². The number of aryl methyl sites for hydroxylation is 1. The van der Waals surface area contributed by atoms with Crippen LogP contribution >= 0.6 is 0 Å². The van der Waals surface area contributed by atoms with Gasteiger partial charge in [0.1, 0.15) is 11.2 Å². The molecule has 1 aromatic carbocycles. The predicted molar refractivity (Wildman–Crippen MR) is 123 cm³/mol. The van der Waals surface area contributed by atoms with Crippen molar-refractivity contribution in [1.82, 2.24) is 14.8 Å². The topological polar surface area (TPSA) is 67.5 Å². The summed E-state index contributed by atoms with van der Waals surface area (Å²) in [5.41, 5.74) is 3.28. The molecule has 1 fully saturated rings. The van der Waals surface area contributed by atoms with Crippen LogP contribution in [0.15, 0.2) is 47.1 Å². The fourth-order valence-electron chi connectivity index (χ4n) is 5.14. The molecule has 0 bridgehead atoms. The van der Waals surface area contributed by atoms with E-state index in [0.717, 1.165) is 36.8 Å². The van der Waals surface area contributed by atoms with Gasteiger partial charge >= 0.3 is 0 Å². The molecule has 1 N–H and O–H groups in total. The number of nitrogens with zero attached hydrogens (tertiary/aromatic N) is 2. The normalized spacial score (nSPS) is 25.7. The van der Waals surface area contributed by atoms with Crippen molar-refractivity contribution in [2.45, 2.75) is 71.1 Å². The second kappa shape index (κ2) is 7.84. The van der Waals surface area contributed by atoms with Gasteiger partial charge in [-0.05, 0) is 51.0 Å². The van der Waals surface area contributed by atoms with E-state index in [9.17, 15) is 9.59 Å². The molecular formula is C26H31N3O3. The Morgan fingerprint density at radius 2 is 1.88 bits per heavy atom. The fraction of sp³-hybridized carbons (Fsp3) is 0.462. The van der Waals surface area contributed by atoms with Gasteiger partial charge < -0.3 is 19.2 Å². The standard InChI is InChI=1S/C26H31N3O3/c1-17-4-8-19(9-5-17)15-29-24(30)22-14-23-21(12-13-32-23)28(22)16-26(29,3)25(31)27-20-10-6-18(2)7-11-20/h4-5,8-9,12-14,18,20H,6-7,10-11,15-16H2,1-3H3,(H,27,31)/t18?,20?,26-/m0/s1. The van der Waals surface area contributed by atoms with E-state index >= 15 is 0 Å². The van der Waals surface area contributed by atoms with E-state index in [1.807, 2.05) is 48.7 Å². The van der Waals surface area contributed by atoms with Crippen LogP contribution in [0, 0.1) is 12.8 Å². The smallest absolute Gasteiger partial charge is 0.271 e. The van der Waals surface area contributed by atoms with Crippen LogP contribution in [0.1, 0.15) is 61.1 Å². The number of carbonyl (C=O) groups excluding carboxylic acids is 2. The number of nitrogens with one attached hydrogen (secondary N) is 1. The summed E-state index contributed by atoms with van der Waals surface area (Å²) in [6, 6.07) is 12.0. The summed E-state index contributed by atoms with van der Waals surface area (Å²) in [4.78, 5) is 29.2. The number of fused-ring (bicyclic) bond motifs is 3. The van der Waals surface area contributed by atoms with Crippen LogP contribution in [0.5, 0.6) is 0 Å². The van der Waals surface area contributed by atoms with Gasteiger partial charge in [0, 0.05) is 24.7 Å². The Labute approximate surface area is 188 Å². The van der Waals surface area contributed by atoms with Gasteiger partial charge in [0.25, 0.3) is 5.91 Å². The zero-order valence-corrected chi connectivity index (χ0v) is 19.1. The van der Waals surface area contributed by atoms with Crippen molar-refractivity contribution in [3.63, 3.8) is 0 Å². The molecule has 6 nitrogen and oxygen atoms in total. The van der Waals surface area contributed by atoms with Crippen LogP contribution in [0.2, 0.25) is 0 Å². The van der Waals surface area contributed by atoms with E-state index in [1.165, 1.54) is 5.56 Å². The Kier molecular flexibility index (Phi) is 5.11. The lowest BCUT2D eigenvalue weighted by molar-refractivity contribution is -0.134. The SMILES string of the molecule is Cc1ccc(CN2C(=O)c3cc4occc4n3C[C@@]2(C)C(=O)NC2CCC(C)CC2)cc1. The largest absolute Gasteiger partial charge is 0.463 e. The van der Waals surface area contributed by atoms with E-state index in [-0.39, 0.29) is 17.9 Å². The van der Waals surface area contributed by atoms with Crippen molar-refractivity contribution >= 4 is 22.9 Å². The molecule has 0 unspecified atom stereocenters. The first kappa shape index (κ1) is 20.9. The van der Waals surface area contributed by atoms with Crippen molar-refractivity contribution < 1.29 is 14.0 Å². The summed E-state index contributed by atoms with van der Waals surface area (Å²) >= 11 is 0. The highest BCUT2D eigenvalue weighted by Crippen LogP contribution is 2.34. The Hall–Kier alpha value is -3.02. The van der Waals surface area contributed by atoms with Crippen LogP contribution in [-0.2, 0) is 17.9 Å². The second-order valence-corrected chi connectivity index (χ2v) is 9.87. The lowest BCUT2D eigenvalue weighted by Gasteiger charge is -2.45. The highest BCUT2D eigenvalue weighted by molar-refractivity contribution is 6.02. The van der Waals surface area contributed by atoms with Crippen LogP contribution in [0.25, 0.3) is 11.1 Å². The molecule has 3 aromatic rings. The molecule has 1 aliphatic carbocycles. The van der Waals surface area contributed by atoms with E-state index < -0.39 is 5.54 Å². The summed E-state index contributed by atoms with van der Waals surface area (Å²) in [5, 5.41) is 3.29. The first-order valence-electron chi connectivity index (χ1n) is 11.6. The Morgan fingerprint density at radius 1 is 1.16 bits per heavy atom. The van der Waals surface area contributed by atoms with Crippen molar-refractivity contribution in [2.75, 3.05) is 0 Å². The third kappa shape index (κ3) is 3.51. The Morgan fingerprint density at radius 3 is 2.59 bits per heavy atom. The highest BCUT2D eigenvalue weighted by atomic mass is 16.3. The molecule has 2 aromatic heterocycles. The number of hydrogen-bond donors (Lipinski definition) is 1. The lowest BCUT2D eigenvalue weighted by atomic mass is 9.86. The summed E-state index contributed by atoms with van der Waals surface area (Å²) in [6.07, 6.45) is 5.88. The molecule has 3 heterocycles. The molecule has 0 spiro atoms. The Bertz CT molecular complexity index is 1150. The molecule has 0 saturated heterocycles. The second-order valence-electron chi connectivity index (χ2n) is 9.87. The van der Waals surface area contributed by atoms with Crippen LogP contribution < -0.4 is 5.32 Å². The molecule has 5 rings (SSSR count). The highest BCUT2D eigenvalue weighted by Gasteiger charge is 2.48. The third-order valence-corrected chi connectivity index (χ3v) is 7.35. The van der Waals surface area contributed by atoms with Gasteiger partial charge in [0.05, 0.1) is 18.3 Å². The Balaban J connectivity index is 1.50. The molecule has 168 valence electrons. The van der Waals surface area contributed by atoms with Gasteiger partial charge in [-0.3, -0.25) is 9.59 Å². The molecular weight excluding hydrogens is 402 g/mol. The van der Waals surface area contributed by atoms with Gasteiger partial charge in [0.2, 0.25) is 5.91 Å². The molecule has 2 amide bonds. The van der Waals surface area contributed by atoms with Crippen molar-refractivity contribution in [3.8, 4) is 0 Å². The predicted octanol–water partition coefficient (Wildman–Crippen LogP) is 4.65. The number of aromatic nitrogens is 1. The van der Waals surface area contributed by atoms with Crippen LogP contribution in [0.3, 0.4) is 0 Å². The third-order valence-electron chi connectivity index (χ3n) is 7.35. The molecule has 6 heteroatoms. The van der Waals surface area contributed by atoms with E-state index in [2.05, 4.69) is 12.2 Å². The van der Waals surface area contributed by atoms with Gasteiger partial charge in [-0.25, -0.2) is 0 Å². The maximum Gasteiger partial charge on any atom is 0.271 e. The average Bonchev–Trinajstić information content (AvgIpc) is 3.36. The van der Waals surface area contributed by atoms with Crippen molar-refractivity contribution in [1.29, 1.82) is 0 Å². The quantitative estimate of drug-likeness (QED) is 0.651. The number of furan rings is 1. The molecule has 2 aliphatic rings. The molecule has 1 atom stereocenters. The summed E-state index contributed by atoms with van der Waals surface area (Å²) in [7, 11) is 0. The van der Waals surface area contributed by atoms with Gasteiger partial charge in [-0.15, -0.1) is 0 Å². The van der Waals surface area contributed by atoms with E-state index in [4.69, 9.17) is 4.42 Å². The minimum Gasteiger partial charge on any atom is -0.463 e. The zero-order valence-electron chi connectivity index (χ0n) is 19.1. The molecule has 1 saturated carbocycles. The summed E-state index contributed by atoms with van der Waals surface area (Å²) in [6.45, 7) is 7.00. The number of hydrogen-bond acceptors (Lipinski definition) is 3. The number of carbonyl (C=O) groups is 2. The van der Waals surface area contributed by atoms with Gasteiger partial charge in [-0.2, -0.15) is 0 Å². The number of rotatable bonds is 4. The van der Waals surface area contributed by atoms with Crippen LogP contribution in [0.4, 0.5) is 0 Å². The van der Waals surface area contributed by atoms with Crippen molar-refractivity contribution in [3.05, 3.63) is 59.5 Å². The molecule has 0 radical (unpaired) electrons. The van der Waals surface area contributed by atoms with Gasteiger partial charge in [-0.1, -0.05) is 36.8 Å². The van der Waals surface area contributed by atoms with Gasteiger partial charge in [0.15, 0.2) is 5.58 Å². The minimum atomic E-state index is -0.999. The fourth-order valence-corrected chi connectivity index (χ4v) is 5.14. The molecule has 1 aliphatic heterocycles. The maximum absolute atomic E-state index is 13.7. The first-order valence-corrected chi connectivity index (χ1v) is 11.6. The van der Waals surface area contributed by atoms with Crippen LogP contribution in [-0.4, -0.2) is 32.9 Å². The lowest BCUT2D eigenvalue weighted by Crippen LogP contribution is -2.64. The average molecular weight is 434 g/mol. The molecule has 32 heavy (non-hydrogen) atoms. The monoisotopic (exact) mass is 433 g/mol.